The largest absolute Gasteiger partial charge is 0.375 e. The Morgan fingerprint density at radius 1 is 1.30 bits per heavy atom. The Hall–Kier alpha value is -2.30. The fourth-order valence-electron chi connectivity index (χ4n) is 3.19. The van der Waals surface area contributed by atoms with Crippen molar-refractivity contribution < 1.29 is 4.79 Å². The highest BCUT2D eigenvalue weighted by atomic mass is 16.1. The first-order valence-electron chi connectivity index (χ1n) is 8.27. The molecule has 0 bridgehead atoms. The third-order valence-electron chi connectivity index (χ3n) is 4.43. The lowest BCUT2D eigenvalue weighted by atomic mass is 10.1. The maximum atomic E-state index is 12.5. The van der Waals surface area contributed by atoms with Crippen LogP contribution < -0.4 is 10.2 Å². The molecule has 1 aromatic carbocycles. The van der Waals surface area contributed by atoms with Crippen LogP contribution in [0.3, 0.4) is 0 Å². The standard InChI is InChI=1S/C18H24N4O/c1-4-12-21(2)14-10-8-13(9-11-14)18(23)19-17-15-6-5-7-16(15)20-22(17)3/h8-11H,4-7,12H2,1-3H3,(H,19,23). The molecule has 0 fully saturated rings. The van der Waals surface area contributed by atoms with Crippen LogP contribution in [0, 0.1) is 0 Å². The zero-order valence-corrected chi connectivity index (χ0v) is 14.1. The Morgan fingerprint density at radius 3 is 2.74 bits per heavy atom. The molecule has 1 aliphatic rings. The van der Waals surface area contributed by atoms with E-state index in [4.69, 9.17) is 0 Å². The van der Waals surface area contributed by atoms with Gasteiger partial charge < -0.3 is 10.2 Å². The predicted octanol–water partition coefficient (Wildman–Crippen LogP) is 3.01. The summed E-state index contributed by atoms with van der Waals surface area (Å²) in [6.45, 7) is 3.16. The van der Waals surface area contributed by atoms with E-state index in [9.17, 15) is 4.79 Å². The molecule has 5 nitrogen and oxygen atoms in total. The number of hydrogen-bond acceptors (Lipinski definition) is 3. The molecule has 3 rings (SSSR count). The molecular formula is C18H24N4O. The highest BCUT2D eigenvalue weighted by Gasteiger charge is 2.22. The minimum absolute atomic E-state index is 0.0765. The first kappa shape index (κ1) is 15.6. The van der Waals surface area contributed by atoms with E-state index in [1.54, 1.807) is 4.68 Å². The van der Waals surface area contributed by atoms with Crippen LogP contribution in [0.25, 0.3) is 0 Å². The molecule has 0 aliphatic heterocycles. The third-order valence-corrected chi connectivity index (χ3v) is 4.43. The highest BCUT2D eigenvalue weighted by Crippen LogP contribution is 2.28. The Bertz CT molecular complexity index is 703. The van der Waals surface area contributed by atoms with Crippen molar-refractivity contribution in [1.29, 1.82) is 0 Å². The van der Waals surface area contributed by atoms with Gasteiger partial charge in [-0.2, -0.15) is 5.10 Å². The van der Waals surface area contributed by atoms with Gasteiger partial charge in [-0.3, -0.25) is 9.48 Å². The molecule has 0 atom stereocenters. The van der Waals surface area contributed by atoms with Gasteiger partial charge in [0.05, 0.1) is 5.69 Å². The number of hydrogen-bond donors (Lipinski definition) is 1. The summed E-state index contributed by atoms with van der Waals surface area (Å²) in [5.41, 5.74) is 4.12. The number of aryl methyl sites for hydroxylation is 2. The van der Waals surface area contributed by atoms with Crippen LogP contribution in [-0.4, -0.2) is 29.3 Å². The number of rotatable bonds is 5. The van der Waals surface area contributed by atoms with E-state index in [1.165, 1.54) is 5.56 Å². The minimum Gasteiger partial charge on any atom is -0.375 e. The lowest BCUT2D eigenvalue weighted by molar-refractivity contribution is 0.102. The smallest absolute Gasteiger partial charge is 0.256 e. The van der Waals surface area contributed by atoms with Crippen LogP contribution in [-0.2, 0) is 19.9 Å². The Morgan fingerprint density at radius 2 is 2.04 bits per heavy atom. The van der Waals surface area contributed by atoms with E-state index in [-0.39, 0.29) is 5.91 Å². The number of amides is 1. The van der Waals surface area contributed by atoms with Gasteiger partial charge in [0, 0.05) is 37.5 Å². The van der Waals surface area contributed by atoms with Crippen molar-refractivity contribution in [3.05, 3.63) is 41.1 Å². The molecule has 1 amide bonds. The molecule has 23 heavy (non-hydrogen) atoms. The van der Waals surface area contributed by atoms with Crippen LogP contribution in [0.4, 0.5) is 11.5 Å². The van der Waals surface area contributed by atoms with Crippen molar-refractivity contribution in [2.75, 3.05) is 23.8 Å². The topological polar surface area (TPSA) is 50.2 Å². The van der Waals surface area contributed by atoms with Gasteiger partial charge in [0.1, 0.15) is 5.82 Å². The summed E-state index contributed by atoms with van der Waals surface area (Å²) in [7, 11) is 3.95. The SMILES string of the molecule is CCCN(C)c1ccc(C(=O)Nc2c3c(nn2C)CCC3)cc1. The maximum absolute atomic E-state index is 12.5. The van der Waals surface area contributed by atoms with Gasteiger partial charge in [0.2, 0.25) is 0 Å². The van der Waals surface area contributed by atoms with Crippen LogP contribution >= 0.6 is 0 Å². The molecule has 1 aliphatic carbocycles. The quantitative estimate of drug-likeness (QED) is 0.923. The number of aromatic nitrogens is 2. The third kappa shape index (κ3) is 3.09. The maximum Gasteiger partial charge on any atom is 0.256 e. The Kier molecular flexibility index (Phi) is 4.37. The molecule has 0 spiro atoms. The highest BCUT2D eigenvalue weighted by molar-refractivity contribution is 6.04. The molecule has 0 unspecified atom stereocenters. The van der Waals surface area contributed by atoms with Crippen molar-refractivity contribution >= 4 is 17.4 Å². The van der Waals surface area contributed by atoms with Gasteiger partial charge in [-0.25, -0.2) is 0 Å². The van der Waals surface area contributed by atoms with Gasteiger partial charge >= 0.3 is 0 Å². The average Bonchev–Trinajstić information content (AvgIpc) is 3.10. The number of carbonyl (C=O) groups is 1. The second-order valence-corrected chi connectivity index (χ2v) is 6.17. The van der Waals surface area contributed by atoms with E-state index in [1.807, 2.05) is 31.3 Å². The summed E-state index contributed by atoms with van der Waals surface area (Å²) >= 11 is 0. The normalized spacial score (nSPS) is 13.0. The van der Waals surface area contributed by atoms with Crippen molar-refractivity contribution in [2.45, 2.75) is 32.6 Å². The van der Waals surface area contributed by atoms with E-state index in [2.05, 4.69) is 29.3 Å². The molecule has 122 valence electrons. The first-order chi connectivity index (χ1) is 11.1. The zero-order chi connectivity index (χ0) is 16.4. The second-order valence-electron chi connectivity index (χ2n) is 6.17. The van der Waals surface area contributed by atoms with Crippen LogP contribution in [0.5, 0.6) is 0 Å². The van der Waals surface area contributed by atoms with E-state index in [0.717, 1.165) is 49.4 Å². The summed E-state index contributed by atoms with van der Waals surface area (Å²) in [6.07, 6.45) is 4.24. The minimum atomic E-state index is -0.0765. The summed E-state index contributed by atoms with van der Waals surface area (Å²) in [4.78, 5) is 14.7. The number of fused-ring (bicyclic) bond motifs is 1. The number of anilines is 2. The summed E-state index contributed by atoms with van der Waals surface area (Å²) in [5.74, 6) is 0.766. The fourth-order valence-corrected chi connectivity index (χ4v) is 3.19. The van der Waals surface area contributed by atoms with Crippen molar-refractivity contribution in [2.24, 2.45) is 7.05 Å². The Labute approximate surface area is 137 Å². The predicted molar refractivity (Wildman–Crippen MR) is 93.2 cm³/mol. The van der Waals surface area contributed by atoms with Crippen LogP contribution in [0.15, 0.2) is 24.3 Å². The monoisotopic (exact) mass is 312 g/mol. The molecule has 5 heteroatoms. The van der Waals surface area contributed by atoms with Gasteiger partial charge in [-0.15, -0.1) is 0 Å². The number of nitrogens with zero attached hydrogens (tertiary/aromatic N) is 3. The number of carbonyl (C=O) groups excluding carboxylic acids is 1. The summed E-state index contributed by atoms with van der Waals surface area (Å²) in [5, 5.41) is 7.52. The second kappa shape index (κ2) is 6.44. The zero-order valence-electron chi connectivity index (χ0n) is 14.1. The first-order valence-corrected chi connectivity index (χ1v) is 8.27. The number of nitrogens with one attached hydrogen (secondary N) is 1. The molecule has 2 aromatic rings. The van der Waals surface area contributed by atoms with Crippen LogP contribution in [0.1, 0.15) is 41.4 Å². The van der Waals surface area contributed by atoms with E-state index in [0.29, 0.717) is 5.56 Å². The van der Waals surface area contributed by atoms with Gasteiger partial charge in [0.25, 0.3) is 5.91 Å². The van der Waals surface area contributed by atoms with Gasteiger partial charge in [-0.05, 0) is 49.9 Å². The lowest BCUT2D eigenvalue weighted by Gasteiger charge is -2.18. The fraction of sp³-hybridized carbons (Fsp3) is 0.444. The molecule has 0 saturated heterocycles. The van der Waals surface area contributed by atoms with Crippen LogP contribution in [0.2, 0.25) is 0 Å². The molecule has 1 N–H and O–H groups in total. The van der Waals surface area contributed by atoms with Gasteiger partial charge in [-0.1, -0.05) is 6.92 Å². The van der Waals surface area contributed by atoms with Crippen molar-refractivity contribution in [3.63, 3.8) is 0 Å². The van der Waals surface area contributed by atoms with E-state index < -0.39 is 0 Å². The molecular weight excluding hydrogens is 288 g/mol. The van der Waals surface area contributed by atoms with E-state index >= 15 is 0 Å². The molecule has 0 radical (unpaired) electrons. The summed E-state index contributed by atoms with van der Waals surface area (Å²) in [6, 6.07) is 7.76. The molecule has 0 saturated carbocycles. The average molecular weight is 312 g/mol. The summed E-state index contributed by atoms with van der Waals surface area (Å²) < 4.78 is 1.78. The van der Waals surface area contributed by atoms with Crippen molar-refractivity contribution in [1.82, 2.24) is 9.78 Å². The van der Waals surface area contributed by atoms with Crippen molar-refractivity contribution in [3.8, 4) is 0 Å². The Balaban J connectivity index is 1.74. The molecule has 1 aromatic heterocycles. The number of benzene rings is 1. The lowest BCUT2D eigenvalue weighted by Crippen LogP contribution is -2.18. The molecule has 1 heterocycles. The van der Waals surface area contributed by atoms with Gasteiger partial charge in [0.15, 0.2) is 0 Å².